The number of aromatic nitrogens is 2. The van der Waals surface area contributed by atoms with E-state index < -0.39 is 0 Å². The molecule has 146 valence electrons. The number of anilines is 1. The molecule has 6 nitrogen and oxygen atoms in total. The number of rotatable bonds is 5. The predicted octanol–water partition coefficient (Wildman–Crippen LogP) is 3.66. The Hall–Kier alpha value is -2.70. The Morgan fingerprint density at radius 2 is 1.68 bits per heavy atom. The van der Waals surface area contributed by atoms with Crippen molar-refractivity contribution in [1.29, 1.82) is 0 Å². The smallest absolute Gasteiger partial charge is 0.238 e. The van der Waals surface area contributed by atoms with Crippen molar-refractivity contribution < 1.29 is 4.74 Å². The molecule has 1 saturated heterocycles. The van der Waals surface area contributed by atoms with E-state index in [1.54, 1.807) is 0 Å². The molecular weight excluding hydrogens is 350 g/mol. The molecule has 1 aliphatic heterocycles. The van der Waals surface area contributed by atoms with Crippen LogP contribution in [0.1, 0.15) is 13.8 Å². The Balaban J connectivity index is 1.50. The predicted molar refractivity (Wildman–Crippen MR) is 113 cm³/mol. The second-order valence-corrected chi connectivity index (χ2v) is 7.56. The number of hydrogen-bond acceptors (Lipinski definition) is 6. The van der Waals surface area contributed by atoms with Crippen LogP contribution in [0.3, 0.4) is 0 Å². The summed E-state index contributed by atoms with van der Waals surface area (Å²) in [6.45, 7) is 8.09. The van der Waals surface area contributed by atoms with Crippen LogP contribution in [0.2, 0.25) is 0 Å². The van der Waals surface area contributed by atoms with Crippen molar-refractivity contribution >= 4 is 16.9 Å². The van der Waals surface area contributed by atoms with Crippen LogP contribution in [0.4, 0.5) is 5.95 Å². The second kappa shape index (κ2) is 8.12. The minimum Gasteiger partial charge on any atom is -0.491 e. The van der Waals surface area contributed by atoms with Gasteiger partial charge in [-0.05, 0) is 56.3 Å². The number of benzene rings is 2. The monoisotopic (exact) mass is 377 g/mol. The van der Waals surface area contributed by atoms with E-state index in [-0.39, 0.29) is 6.10 Å². The molecule has 1 fully saturated rings. The zero-order chi connectivity index (χ0) is 19.5. The Labute approximate surface area is 166 Å². The first-order chi connectivity index (χ1) is 13.6. The van der Waals surface area contributed by atoms with Crippen molar-refractivity contribution in [2.75, 3.05) is 38.7 Å². The number of nitrogens with one attached hydrogen (secondary N) is 1. The fourth-order valence-electron chi connectivity index (χ4n) is 3.32. The number of nitrogens with zero attached hydrogens (tertiary/aromatic N) is 4. The van der Waals surface area contributed by atoms with Gasteiger partial charge in [0, 0.05) is 37.8 Å². The number of fused-ring (bicyclic) bond motifs is 1. The first-order valence-corrected chi connectivity index (χ1v) is 9.81. The van der Waals surface area contributed by atoms with Crippen LogP contribution in [0.15, 0.2) is 48.7 Å². The summed E-state index contributed by atoms with van der Waals surface area (Å²) in [6, 6.07) is 14.5. The number of hydrazine groups is 1. The van der Waals surface area contributed by atoms with Crippen molar-refractivity contribution in [3.8, 4) is 16.9 Å². The van der Waals surface area contributed by atoms with E-state index in [9.17, 15) is 0 Å². The number of likely N-dealkylation sites (N-methyl/N-ethyl adjacent to an activating group) is 1. The van der Waals surface area contributed by atoms with Gasteiger partial charge in [-0.25, -0.2) is 15.0 Å². The third-order valence-corrected chi connectivity index (χ3v) is 4.90. The Kier molecular flexibility index (Phi) is 5.41. The summed E-state index contributed by atoms with van der Waals surface area (Å²) in [5, 5.41) is 3.21. The Morgan fingerprint density at radius 1 is 0.964 bits per heavy atom. The van der Waals surface area contributed by atoms with Crippen molar-refractivity contribution in [1.82, 2.24) is 19.9 Å². The third kappa shape index (κ3) is 4.40. The third-order valence-electron chi connectivity index (χ3n) is 4.90. The number of hydrogen-bond donors (Lipinski definition) is 1. The summed E-state index contributed by atoms with van der Waals surface area (Å²) in [7, 11) is 2.15. The van der Waals surface area contributed by atoms with Crippen LogP contribution < -0.4 is 10.2 Å². The quantitative estimate of drug-likeness (QED) is 0.732. The molecule has 0 unspecified atom stereocenters. The van der Waals surface area contributed by atoms with Gasteiger partial charge in [-0.2, -0.15) is 0 Å². The standard InChI is InChI=1S/C22H27N5O/c1-16(2)28-20-7-4-17(5-8-20)18-6-9-21-19(14-18)15-23-22(24-21)25-27-12-10-26(3)11-13-27/h4-9,14-16H,10-13H2,1-3H3,(H,23,24,25). The normalized spacial score (nSPS) is 15.9. The molecule has 2 heterocycles. The largest absolute Gasteiger partial charge is 0.491 e. The highest BCUT2D eigenvalue weighted by Crippen LogP contribution is 2.26. The Bertz CT molecular complexity index is 933. The lowest BCUT2D eigenvalue weighted by atomic mass is 10.0. The van der Waals surface area contributed by atoms with Crippen LogP contribution >= 0.6 is 0 Å². The molecular formula is C22H27N5O. The average Bonchev–Trinajstić information content (AvgIpc) is 2.69. The summed E-state index contributed by atoms with van der Waals surface area (Å²) in [6.07, 6.45) is 2.07. The molecule has 0 spiro atoms. The fraction of sp³-hybridized carbons (Fsp3) is 0.364. The molecule has 0 saturated carbocycles. The second-order valence-electron chi connectivity index (χ2n) is 7.56. The zero-order valence-electron chi connectivity index (χ0n) is 16.7. The van der Waals surface area contributed by atoms with Crippen molar-refractivity contribution in [3.63, 3.8) is 0 Å². The van der Waals surface area contributed by atoms with Gasteiger partial charge in [0.1, 0.15) is 5.75 Å². The molecule has 28 heavy (non-hydrogen) atoms. The first kappa shape index (κ1) is 18.7. The van der Waals surface area contributed by atoms with Crippen molar-refractivity contribution in [3.05, 3.63) is 48.7 Å². The molecule has 0 bridgehead atoms. The first-order valence-electron chi connectivity index (χ1n) is 9.81. The lowest BCUT2D eigenvalue weighted by molar-refractivity contribution is 0.178. The highest BCUT2D eigenvalue weighted by molar-refractivity contribution is 5.84. The Morgan fingerprint density at radius 3 is 2.39 bits per heavy atom. The van der Waals surface area contributed by atoms with Crippen molar-refractivity contribution in [2.45, 2.75) is 20.0 Å². The maximum absolute atomic E-state index is 5.72. The minimum atomic E-state index is 0.178. The zero-order valence-corrected chi connectivity index (χ0v) is 16.7. The van der Waals surface area contributed by atoms with E-state index >= 15 is 0 Å². The molecule has 0 amide bonds. The molecule has 0 radical (unpaired) electrons. The van der Waals surface area contributed by atoms with Gasteiger partial charge in [0.15, 0.2) is 0 Å². The number of ether oxygens (including phenoxy) is 1. The molecule has 3 aromatic rings. The van der Waals surface area contributed by atoms with Gasteiger partial charge in [-0.3, -0.25) is 5.43 Å². The summed E-state index contributed by atoms with van der Waals surface area (Å²) < 4.78 is 5.72. The SMILES string of the molecule is CC(C)Oc1ccc(-c2ccc3nc(NN4CCN(C)CC4)ncc3c2)cc1. The maximum atomic E-state index is 5.72. The van der Waals surface area contributed by atoms with Crippen LogP contribution in [0, 0.1) is 0 Å². The van der Waals surface area contributed by atoms with Crippen LogP contribution in [-0.2, 0) is 0 Å². The molecule has 6 heteroatoms. The van der Waals surface area contributed by atoms with E-state index in [1.165, 1.54) is 0 Å². The van der Waals surface area contributed by atoms with Gasteiger partial charge >= 0.3 is 0 Å². The van der Waals surface area contributed by atoms with E-state index in [2.05, 4.69) is 62.7 Å². The van der Waals surface area contributed by atoms with Gasteiger partial charge in [0.2, 0.25) is 5.95 Å². The summed E-state index contributed by atoms with van der Waals surface area (Å²) in [4.78, 5) is 11.5. The lowest BCUT2D eigenvalue weighted by Crippen LogP contribution is -2.47. The van der Waals surface area contributed by atoms with Gasteiger partial charge in [0.25, 0.3) is 0 Å². The minimum absolute atomic E-state index is 0.178. The van der Waals surface area contributed by atoms with Crippen LogP contribution in [0.25, 0.3) is 22.0 Å². The molecule has 0 atom stereocenters. The van der Waals surface area contributed by atoms with Crippen LogP contribution in [0.5, 0.6) is 5.75 Å². The highest BCUT2D eigenvalue weighted by atomic mass is 16.5. The highest BCUT2D eigenvalue weighted by Gasteiger charge is 2.14. The number of piperazine rings is 1. The average molecular weight is 377 g/mol. The summed E-state index contributed by atoms with van der Waals surface area (Å²) >= 11 is 0. The summed E-state index contributed by atoms with van der Waals surface area (Å²) in [5.41, 5.74) is 6.57. The topological polar surface area (TPSA) is 53.5 Å². The molecule has 1 aliphatic rings. The van der Waals surface area contributed by atoms with E-state index in [4.69, 9.17) is 4.74 Å². The fourth-order valence-corrected chi connectivity index (χ4v) is 3.32. The van der Waals surface area contributed by atoms with Crippen molar-refractivity contribution in [2.24, 2.45) is 0 Å². The van der Waals surface area contributed by atoms with Crippen LogP contribution in [-0.4, -0.2) is 59.2 Å². The molecule has 1 N–H and O–H groups in total. The maximum Gasteiger partial charge on any atom is 0.238 e. The summed E-state index contributed by atoms with van der Waals surface area (Å²) in [5.74, 6) is 1.54. The van der Waals surface area contributed by atoms with E-state index in [0.29, 0.717) is 5.95 Å². The van der Waals surface area contributed by atoms with Gasteiger partial charge < -0.3 is 9.64 Å². The molecule has 4 rings (SSSR count). The van der Waals surface area contributed by atoms with Gasteiger partial charge in [-0.15, -0.1) is 0 Å². The van der Waals surface area contributed by atoms with Gasteiger partial charge in [0.05, 0.1) is 11.6 Å². The van der Waals surface area contributed by atoms with Gasteiger partial charge in [-0.1, -0.05) is 18.2 Å². The lowest BCUT2D eigenvalue weighted by Gasteiger charge is -2.32. The molecule has 1 aromatic heterocycles. The van der Waals surface area contributed by atoms with E-state index in [1.807, 2.05) is 32.2 Å². The molecule has 0 aliphatic carbocycles. The van der Waals surface area contributed by atoms with E-state index in [0.717, 1.165) is 54.0 Å². The molecule has 2 aromatic carbocycles.